The number of nitrogens with zero attached hydrogens (tertiary/aromatic N) is 1. The molecule has 0 radical (unpaired) electrons. The average Bonchev–Trinajstić information content (AvgIpc) is 2.89. The molecule has 2 saturated carbocycles. The summed E-state index contributed by atoms with van der Waals surface area (Å²) in [5, 5.41) is 11.9. The predicted octanol–water partition coefficient (Wildman–Crippen LogP) is 3.85. The van der Waals surface area contributed by atoms with Gasteiger partial charge in [-0.3, -0.25) is 19.7 Å². The topological polar surface area (TPSA) is 77.3 Å². The molecular formula is C17H27NO4. The molecular weight excluding hydrogens is 282 g/mol. The lowest BCUT2D eigenvalue weighted by molar-refractivity contribution is -0.564. The molecule has 0 aromatic rings. The summed E-state index contributed by atoms with van der Waals surface area (Å²) in [4.78, 5) is 35.9. The molecule has 2 unspecified atom stereocenters. The molecule has 2 atom stereocenters. The molecule has 0 aromatic carbocycles. The van der Waals surface area contributed by atoms with E-state index in [0.29, 0.717) is 25.7 Å². The van der Waals surface area contributed by atoms with Gasteiger partial charge in [0.25, 0.3) is 5.54 Å². The zero-order valence-electron chi connectivity index (χ0n) is 13.3. The minimum Gasteiger partial charge on any atom is -0.300 e. The first-order valence-corrected chi connectivity index (χ1v) is 8.77. The second-order valence-corrected chi connectivity index (χ2v) is 6.91. The lowest BCUT2D eigenvalue weighted by atomic mass is 9.74. The van der Waals surface area contributed by atoms with Crippen molar-refractivity contribution >= 4 is 11.6 Å². The third kappa shape index (κ3) is 3.73. The summed E-state index contributed by atoms with van der Waals surface area (Å²) in [5.74, 6) is -0.534. The van der Waals surface area contributed by atoms with E-state index in [0.717, 1.165) is 38.5 Å². The molecule has 0 heterocycles. The molecule has 0 amide bonds. The van der Waals surface area contributed by atoms with Gasteiger partial charge in [-0.2, -0.15) is 0 Å². The van der Waals surface area contributed by atoms with E-state index in [1.807, 2.05) is 0 Å². The van der Waals surface area contributed by atoms with E-state index in [2.05, 4.69) is 0 Å². The van der Waals surface area contributed by atoms with Gasteiger partial charge >= 0.3 is 0 Å². The summed E-state index contributed by atoms with van der Waals surface area (Å²) in [5.41, 5.74) is -1.49. The van der Waals surface area contributed by atoms with Crippen LogP contribution in [0.4, 0.5) is 0 Å². The average molecular weight is 309 g/mol. The van der Waals surface area contributed by atoms with Crippen LogP contribution >= 0.6 is 0 Å². The number of Topliss-reactive ketones (excluding diaryl/α,β-unsaturated/α-hetero) is 2. The molecule has 0 bridgehead atoms. The Morgan fingerprint density at radius 3 is 2.05 bits per heavy atom. The summed E-state index contributed by atoms with van der Waals surface area (Å²) in [7, 11) is 0. The van der Waals surface area contributed by atoms with E-state index >= 15 is 0 Å². The quantitative estimate of drug-likeness (QED) is 0.573. The molecule has 2 aliphatic carbocycles. The summed E-state index contributed by atoms with van der Waals surface area (Å²) in [6.07, 6.45) is 9.70. The van der Waals surface area contributed by atoms with E-state index in [9.17, 15) is 19.7 Å². The van der Waals surface area contributed by atoms with Crippen LogP contribution in [0.1, 0.15) is 83.5 Å². The van der Waals surface area contributed by atoms with Gasteiger partial charge in [-0.05, 0) is 19.3 Å². The van der Waals surface area contributed by atoms with Crippen molar-refractivity contribution in [2.45, 2.75) is 89.0 Å². The van der Waals surface area contributed by atoms with Crippen molar-refractivity contribution in [3.05, 3.63) is 10.1 Å². The minimum atomic E-state index is -1.49. The van der Waals surface area contributed by atoms with Crippen molar-refractivity contribution < 1.29 is 14.5 Å². The van der Waals surface area contributed by atoms with Crippen LogP contribution in [-0.4, -0.2) is 22.0 Å². The minimum absolute atomic E-state index is 0.0742. The molecule has 0 saturated heterocycles. The van der Waals surface area contributed by atoms with Crippen LogP contribution in [0, 0.1) is 16.0 Å². The van der Waals surface area contributed by atoms with Crippen molar-refractivity contribution in [2.75, 3.05) is 0 Å². The van der Waals surface area contributed by atoms with Gasteiger partial charge in [-0.15, -0.1) is 0 Å². The number of carbonyl (C=O) groups excluding carboxylic acids is 2. The largest absolute Gasteiger partial charge is 0.300 e. The fourth-order valence-corrected chi connectivity index (χ4v) is 4.09. The molecule has 0 spiro atoms. The Labute approximate surface area is 132 Å². The summed E-state index contributed by atoms with van der Waals surface area (Å²) in [6, 6.07) is 0. The SMILES string of the molecule is O=C1CCC(C2([N+](=O)[O-])CCCCCCCCCCC2=O)C1. The van der Waals surface area contributed by atoms with Crippen molar-refractivity contribution in [1.82, 2.24) is 0 Å². The maximum Gasteiger partial charge on any atom is 0.282 e. The first-order chi connectivity index (χ1) is 10.6. The van der Waals surface area contributed by atoms with Gasteiger partial charge in [0.2, 0.25) is 5.78 Å². The van der Waals surface area contributed by atoms with Gasteiger partial charge in [-0.1, -0.05) is 38.5 Å². The van der Waals surface area contributed by atoms with Crippen molar-refractivity contribution in [3.8, 4) is 0 Å². The van der Waals surface area contributed by atoms with Gasteiger partial charge in [0.05, 0.1) is 0 Å². The number of hydrogen-bond donors (Lipinski definition) is 0. The lowest BCUT2D eigenvalue weighted by Crippen LogP contribution is -2.52. The summed E-state index contributed by atoms with van der Waals surface area (Å²) in [6.45, 7) is 0. The standard InChI is InChI=1S/C17H27NO4/c19-15-11-10-14(13-15)17(18(21)22)12-8-6-4-2-1-3-5-7-9-16(17)20/h14H,1-13H2. The van der Waals surface area contributed by atoms with Gasteiger partial charge in [0.1, 0.15) is 5.78 Å². The van der Waals surface area contributed by atoms with Crippen LogP contribution in [0.5, 0.6) is 0 Å². The first-order valence-electron chi connectivity index (χ1n) is 8.77. The lowest BCUT2D eigenvalue weighted by Gasteiger charge is -2.29. The molecule has 2 aliphatic rings. The van der Waals surface area contributed by atoms with E-state index < -0.39 is 5.54 Å². The van der Waals surface area contributed by atoms with Gasteiger partial charge in [0, 0.05) is 36.5 Å². The monoisotopic (exact) mass is 309 g/mol. The highest BCUT2D eigenvalue weighted by Crippen LogP contribution is 2.40. The van der Waals surface area contributed by atoms with Crippen molar-refractivity contribution in [3.63, 3.8) is 0 Å². The first kappa shape index (κ1) is 17.1. The number of rotatable bonds is 2. The number of carbonyl (C=O) groups is 2. The number of nitro groups is 1. The molecule has 0 aliphatic heterocycles. The summed E-state index contributed by atoms with van der Waals surface area (Å²) >= 11 is 0. The van der Waals surface area contributed by atoms with E-state index in [1.165, 1.54) is 12.8 Å². The highest BCUT2D eigenvalue weighted by molar-refractivity contribution is 5.89. The second-order valence-electron chi connectivity index (χ2n) is 6.91. The Hall–Kier alpha value is -1.26. The smallest absolute Gasteiger partial charge is 0.282 e. The van der Waals surface area contributed by atoms with Crippen LogP contribution in [-0.2, 0) is 9.59 Å². The molecule has 5 heteroatoms. The molecule has 2 rings (SSSR count). The third-order valence-corrected chi connectivity index (χ3v) is 5.44. The van der Waals surface area contributed by atoms with Crippen LogP contribution < -0.4 is 0 Å². The fourth-order valence-electron chi connectivity index (χ4n) is 4.09. The Kier molecular flexibility index (Phi) is 6.09. The molecule has 124 valence electrons. The van der Waals surface area contributed by atoms with Crippen LogP contribution in [0.2, 0.25) is 0 Å². The van der Waals surface area contributed by atoms with Gasteiger partial charge < -0.3 is 0 Å². The molecule has 2 fully saturated rings. The highest BCUT2D eigenvalue weighted by atomic mass is 16.6. The Morgan fingerprint density at radius 1 is 0.909 bits per heavy atom. The maximum absolute atomic E-state index is 12.7. The van der Waals surface area contributed by atoms with Crippen LogP contribution in [0.15, 0.2) is 0 Å². The zero-order chi connectivity index (χ0) is 16.0. The maximum atomic E-state index is 12.7. The predicted molar refractivity (Wildman–Crippen MR) is 83.3 cm³/mol. The van der Waals surface area contributed by atoms with Gasteiger partial charge in [0.15, 0.2) is 0 Å². The summed E-state index contributed by atoms with van der Waals surface area (Å²) < 4.78 is 0. The Balaban J connectivity index is 2.21. The van der Waals surface area contributed by atoms with Crippen molar-refractivity contribution in [2.24, 2.45) is 5.92 Å². The molecule has 0 N–H and O–H groups in total. The fraction of sp³-hybridized carbons (Fsp3) is 0.882. The highest BCUT2D eigenvalue weighted by Gasteiger charge is 2.57. The number of ketones is 2. The van der Waals surface area contributed by atoms with Crippen molar-refractivity contribution in [1.29, 1.82) is 0 Å². The van der Waals surface area contributed by atoms with E-state index in [1.54, 1.807) is 0 Å². The third-order valence-electron chi connectivity index (χ3n) is 5.44. The second kappa shape index (κ2) is 7.84. The molecule has 22 heavy (non-hydrogen) atoms. The number of hydrogen-bond acceptors (Lipinski definition) is 4. The van der Waals surface area contributed by atoms with E-state index in [4.69, 9.17) is 0 Å². The molecule has 0 aromatic heterocycles. The van der Waals surface area contributed by atoms with Crippen LogP contribution in [0.25, 0.3) is 0 Å². The normalized spacial score (nSPS) is 32.3. The Bertz CT molecular complexity index is 434. The van der Waals surface area contributed by atoms with Crippen LogP contribution in [0.3, 0.4) is 0 Å². The van der Waals surface area contributed by atoms with E-state index in [-0.39, 0.29) is 28.8 Å². The molecule has 5 nitrogen and oxygen atoms in total. The zero-order valence-corrected chi connectivity index (χ0v) is 13.3. The Morgan fingerprint density at radius 2 is 1.50 bits per heavy atom. The van der Waals surface area contributed by atoms with Gasteiger partial charge in [-0.25, -0.2) is 0 Å².